The van der Waals surface area contributed by atoms with Crippen LogP contribution in [0.2, 0.25) is 5.02 Å². The van der Waals surface area contributed by atoms with E-state index in [1.54, 1.807) is 7.11 Å². The Labute approximate surface area is 98.5 Å². The van der Waals surface area contributed by atoms with Gasteiger partial charge >= 0.3 is 0 Å². The fraction of sp³-hybridized carbons (Fsp3) is 0.364. The predicted octanol–water partition coefficient (Wildman–Crippen LogP) is 1.90. The van der Waals surface area contributed by atoms with Gasteiger partial charge in [-0.15, -0.1) is 0 Å². The molecule has 0 aliphatic carbocycles. The van der Waals surface area contributed by atoms with Crippen LogP contribution in [0.3, 0.4) is 0 Å². The van der Waals surface area contributed by atoms with Crippen LogP contribution in [0.25, 0.3) is 0 Å². The van der Waals surface area contributed by atoms with E-state index in [2.05, 4.69) is 5.32 Å². The number of ether oxygens (including phenoxy) is 1. The van der Waals surface area contributed by atoms with Crippen LogP contribution in [-0.4, -0.2) is 32.6 Å². The average Bonchev–Trinajstić information content (AvgIpc) is 2.27. The quantitative estimate of drug-likeness (QED) is 0.615. The lowest BCUT2D eigenvalue weighted by molar-refractivity contribution is 0.0987. The second-order valence-electron chi connectivity index (χ2n) is 3.22. The number of ketones is 1. The number of hydrogen-bond acceptors (Lipinski definition) is 3. The molecule has 0 aromatic heterocycles. The van der Waals surface area contributed by atoms with E-state index in [-0.39, 0.29) is 22.9 Å². The minimum atomic E-state index is -0.468. The zero-order valence-electron chi connectivity index (χ0n) is 8.93. The Kier molecular flexibility index (Phi) is 5.38. The van der Waals surface area contributed by atoms with Gasteiger partial charge in [0.1, 0.15) is 5.82 Å². The summed E-state index contributed by atoms with van der Waals surface area (Å²) in [6.07, 6.45) is 0. The van der Waals surface area contributed by atoms with Gasteiger partial charge in [0.05, 0.1) is 18.2 Å². The molecular weight excluding hydrogens is 233 g/mol. The molecule has 0 atom stereocenters. The van der Waals surface area contributed by atoms with Gasteiger partial charge in [0.15, 0.2) is 5.78 Å². The van der Waals surface area contributed by atoms with Crippen molar-refractivity contribution >= 4 is 17.4 Å². The van der Waals surface area contributed by atoms with Crippen LogP contribution in [0.15, 0.2) is 18.2 Å². The molecule has 0 radical (unpaired) electrons. The number of hydrogen-bond donors (Lipinski definition) is 1. The molecule has 1 aromatic rings. The highest BCUT2D eigenvalue weighted by molar-refractivity contribution is 6.34. The first-order valence-electron chi connectivity index (χ1n) is 4.83. The predicted molar refractivity (Wildman–Crippen MR) is 60.5 cm³/mol. The summed E-state index contributed by atoms with van der Waals surface area (Å²) in [5.41, 5.74) is 0.201. The summed E-state index contributed by atoms with van der Waals surface area (Å²) in [5.74, 6) is -0.703. The molecule has 0 fully saturated rings. The summed E-state index contributed by atoms with van der Waals surface area (Å²) in [4.78, 5) is 11.6. The van der Waals surface area contributed by atoms with Gasteiger partial charge in [0.2, 0.25) is 0 Å². The van der Waals surface area contributed by atoms with Crippen LogP contribution < -0.4 is 5.32 Å². The highest BCUT2D eigenvalue weighted by atomic mass is 35.5. The van der Waals surface area contributed by atoms with Crippen molar-refractivity contribution in [3.05, 3.63) is 34.6 Å². The number of benzene rings is 1. The molecule has 1 aromatic carbocycles. The monoisotopic (exact) mass is 245 g/mol. The summed E-state index contributed by atoms with van der Waals surface area (Å²) in [6, 6.07) is 3.74. The van der Waals surface area contributed by atoms with E-state index in [4.69, 9.17) is 16.3 Å². The van der Waals surface area contributed by atoms with Crippen LogP contribution in [-0.2, 0) is 4.74 Å². The van der Waals surface area contributed by atoms with E-state index in [1.165, 1.54) is 12.1 Å². The Hall–Kier alpha value is -0.970. The van der Waals surface area contributed by atoms with Crippen molar-refractivity contribution in [2.45, 2.75) is 0 Å². The molecule has 3 nitrogen and oxygen atoms in total. The van der Waals surface area contributed by atoms with E-state index in [1.807, 2.05) is 0 Å². The van der Waals surface area contributed by atoms with Crippen molar-refractivity contribution in [1.82, 2.24) is 5.32 Å². The lowest BCUT2D eigenvalue weighted by atomic mass is 10.1. The van der Waals surface area contributed by atoms with Crippen molar-refractivity contribution in [3.8, 4) is 0 Å². The van der Waals surface area contributed by atoms with Gasteiger partial charge in [0, 0.05) is 19.2 Å². The van der Waals surface area contributed by atoms with Crippen LogP contribution in [0.5, 0.6) is 0 Å². The number of carbonyl (C=O) groups excluding carboxylic acids is 1. The largest absolute Gasteiger partial charge is 0.383 e. The summed E-state index contributed by atoms with van der Waals surface area (Å²) >= 11 is 5.79. The van der Waals surface area contributed by atoms with Gasteiger partial charge < -0.3 is 10.1 Å². The van der Waals surface area contributed by atoms with E-state index in [0.29, 0.717) is 13.2 Å². The number of Topliss-reactive ketones (excluding diaryl/α,β-unsaturated/α-hetero) is 1. The number of nitrogens with one attached hydrogen (secondary N) is 1. The second kappa shape index (κ2) is 6.58. The third-order valence-electron chi connectivity index (χ3n) is 2.00. The molecule has 0 aliphatic rings. The first kappa shape index (κ1) is 13.1. The molecule has 0 saturated heterocycles. The van der Waals surface area contributed by atoms with Crippen molar-refractivity contribution in [1.29, 1.82) is 0 Å². The average molecular weight is 246 g/mol. The van der Waals surface area contributed by atoms with Crippen molar-refractivity contribution in [2.24, 2.45) is 0 Å². The van der Waals surface area contributed by atoms with E-state index in [9.17, 15) is 9.18 Å². The molecule has 0 saturated carbocycles. The first-order chi connectivity index (χ1) is 7.65. The molecule has 0 bridgehead atoms. The van der Waals surface area contributed by atoms with Gasteiger partial charge in [-0.25, -0.2) is 4.39 Å². The van der Waals surface area contributed by atoms with Crippen LogP contribution in [0.4, 0.5) is 4.39 Å². The highest BCUT2D eigenvalue weighted by Gasteiger charge is 2.10. The van der Waals surface area contributed by atoms with Crippen LogP contribution >= 0.6 is 11.6 Å². The number of carbonyl (C=O) groups is 1. The number of rotatable bonds is 6. The third kappa shape index (κ3) is 3.89. The van der Waals surface area contributed by atoms with Crippen molar-refractivity contribution < 1.29 is 13.9 Å². The number of methoxy groups -OCH3 is 1. The zero-order chi connectivity index (χ0) is 12.0. The standard InChI is InChI=1S/C11H13ClFNO2/c1-16-5-4-14-7-11(15)9-6-8(13)2-3-10(9)12/h2-3,6,14H,4-5,7H2,1H3. The fourth-order valence-electron chi connectivity index (χ4n) is 1.18. The molecule has 88 valence electrons. The van der Waals surface area contributed by atoms with E-state index in [0.717, 1.165) is 6.07 Å². The van der Waals surface area contributed by atoms with E-state index >= 15 is 0 Å². The maximum atomic E-state index is 12.9. The van der Waals surface area contributed by atoms with Gasteiger partial charge in [-0.05, 0) is 18.2 Å². The topological polar surface area (TPSA) is 38.3 Å². The summed E-state index contributed by atoms with van der Waals surface area (Å²) < 4.78 is 17.7. The lowest BCUT2D eigenvalue weighted by Gasteiger charge is -2.05. The molecule has 1 N–H and O–H groups in total. The molecule has 1 rings (SSSR count). The fourth-order valence-corrected chi connectivity index (χ4v) is 1.41. The van der Waals surface area contributed by atoms with Gasteiger partial charge in [-0.2, -0.15) is 0 Å². The molecule has 16 heavy (non-hydrogen) atoms. The summed E-state index contributed by atoms with van der Waals surface area (Å²) in [7, 11) is 1.58. The summed E-state index contributed by atoms with van der Waals surface area (Å²) in [5, 5.41) is 3.14. The molecule has 0 unspecified atom stereocenters. The molecule has 0 spiro atoms. The normalized spacial score (nSPS) is 10.4. The Morgan fingerprint density at radius 3 is 3.00 bits per heavy atom. The van der Waals surface area contributed by atoms with Gasteiger partial charge in [-0.1, -0.05) is 11.6 Å². The Balaban J connectivity index is 2.55. The maximum absolute atomic E-state index is 12.9. The van der Waals surface area contributed by atoms with Crippen molar-refractivity contribution in [2.75, 3.05) is 26.8 Å². The highest BCUT2D eigenvalue weighted by Crippen LogP contribution is 2.17. The van der Waals surface area contributed by atoms with Gasteiger partial charge in [-0.3, -0.25) is 4.79 Å². The van der Waals surface area contributed by atoms with E-state index < -0.39 is 5.82 Å². The lowest BCUT2D eigenvalue weighted by Crippen LogP contribution is -2.26. The SMILES string of the molecule is COCCNCC(=O)c1cc(F)ccc1Cl. The van der Waals surface area contributed by atoms with Crippen LogP contribution in [0.1, 0.15) is 10.4 Å². The van der Waals surface area contributed by atoms with Crippen LogP contribution in [0, 0.1) is 5.82 Å². The maximum Gasteiger partial charge on any atom is 0.178 e. The molecule has 5 heteroatoms. The first-order valence-corrected chi connectivity index (χ1v) is 5.21. The Morgan fingerprint density at radius 2 is 2.31 bits per heavy atom. The Morgan fingerprint density at radius 1 is 1.56 bits per heavy atom. The Bertz CT molecular complexity index is 371. The smallest absolute Gasteiger partial charge is 0.178 e. The van der Waals surface area contributed by atoms with Crippen molar-refractivity contribution in [3.63, 3.8) is 0 Å². The molecule has 0 amide bonds. The molecular formula is C11H13ClFNO2. The minimum Gasteiger partial charge on any atom is -0.383 e. The van der Waals surface area contributed by atoms with Gasteiger partial charge in [0.25, 0.3) is 0 Å². The number of halogens is 2. The third-order valence-corrected chi connectivity index (χ3v) is 2.33. The summed E-state index contributed by atoms with van der Waals surface area (Å²) in [6.45, 7) is 1.20. The second-order valence-corrected chi connectivity index (χ2v) is 3.62. The minimum absolute atomic E-state index is 0.118. The zero-order valence-corrected chi connectivity index (χ0v) is 9.68. The molecule has 0 aliphatic heterocycles. The molecule has 0 heterocycles.